The van der Waals surface area contributed by atoms with Gasteiger partial charge in [0.1, 0.15) is 0 Å². The molecule has 18 heavy (non-hydrogen) atoms. The van der Waals surface area contributed by atoms with Crippen molar-refractivity contribution in [2.45, 2.75) is 33.5 Å². The van der Waals surface area contributed by atoms with Crippen LogP contribution in [0, 0.1) is 0 Å². The van der Waals surface area contributed by atoms with Crippen LogP contribution in [0.15, 0.2) is 11.4 Å². The van der Waals surface area contributed by atoms with Crippen molar-refractivity contribution in [3.05, 3.63) is 21.9 Å². The van der Waals surface area contributed by atoms with Crippen LogP contribution in [0.5, 0.6) is 0 Å². The molecule has 0 unspecified atom stereocenters. The fourth-order valence-electron chi connectivity index (χ4n) is 1.61. The second kappa shape index (κ2) is 8.24. The molecule has 5 heteroatoms. The number of thiophene rings is 1. The molecule has 4 nitrogen and oxygen atoms in total. The monoisotopic (exact) mass is 271 g/mol. The summed E-state index contributed by atoms with van der Waals surface area (Å²) in [6.07, 6.45) is 0.501. The molecule has 0 aromatic carbocycles. The van der Waals surface area contributed by atoms with Gasteiger partial charge in [-0.15, -0.1) is 11.3 Å². The minimum atomic E-state index is -0.367. The lowest BCUT2D eigenvalue weighted by Crippen LogP contribution is -2.35. The highest BCUT2D eigenvalue weighted by molar-refractivity contribution is 7.12. The van der Waals surface area contributed by atoms with Crippen LogP contribution in [0.4, 0.5) is 0 Å². The Labute approximate surface area is 112 Å². The third-order valence-electron chi connectivity index (χ3n) is 2.47. The summed E-state index contributed by atoms with van der Waals surface area (Å²) in [6.45, 7) is 7.37. The van der Waals surface area contributed by atoms with Crippen LogP contribution in [0.25, 0.3) is 0 Å². The molecule has 0 spiro atoms. The number of carbonyl (C=O) groups is 1. The standard InChI is InChI=1S/C13H21NO3S/c1-4-10-7-8-18-12(10)13(15)14-9-11(16-5-2)17-6-3/h7-8,11H,4-6,9H2,1-3H3,(H,14,15). The number of carbonyl (C=O) groups excluding carboxylic acids is 1. The van der Waals surface area contributed by atoms with E-state index in [9.17, 15) is 4.79 Å². The van der Waals surface area contributed by atoms with Gasteiger partial charge >= 0.3 is 0 Å². The van der Waals surface area contributed by atoms with Crippen LogP contribution in [-0.4, -0.2) is 32.0 Å². The van der Waals surface area contributed by atoms with Gasteiger partial charge in [0.2, 0.25) is 0 Å². The summed E-state index contributed by atoms with van der Waals surface area (Å²) < 4.78 is 10.7. The van der Waals surface area contributed by atoms with Crippen molar-refractivity contribution >= 4 is 17.2 Å². The molecule has 0 bridgehead atoms. The Bertz CT molecular complexity index is 359. The Balaban J connectivity index is 2.49. The molecule has 1 aromatic rings. The maximum Gasteiger partial charge on any atom is 0.261 e. The van der Waals surface area contributed by atoms with Crippen molar-refractivity contribution in [3.63, 3.8) is 0 Å². The van der Waals surface area contributed by atoms with Gasteiger partial charge in [0, 0.05) is 13.2 Å². The minimum absolute atomic E-state index is 0.0498. The van der Waals surface area contributed by atoms with Crippen LogP contribution in [0.3, 0.4) is 0 Å². The summed E-state index contributed by atoms with van der Waals surface area (Å²) in [5, 5.41) is 4.79. The highest BCUT2D eigenvalue weighted by Gasteiger charge is 2.14. The molecule has 0 aliphatic carbocycles. The molecule has 1 rings (SSSR count). The number of nitrogens with one attached hydrogen (secondary N) is 1. The average Bonchev–Trinajstić information content (AvgIpc) is 2.84. The fraction of sp³-hybridized carbons (Fsp3) is 0.615. The first-order valence-electron chi connectivity index (χ1n) is 6.30. The van der Waals surface area contributed by atoms with E-state index in [1.54, 1.807) is 0 Å². The molecular formula is C13H21NO3S. The summed E-state index contributed by atoms with van der Waals surface area (Å²) in [5.41, 5.74) is 1.09. The fourth-order valence-corrected chi connectivity index (χ4v) is 2.52. The summed E-state index contributed by atoms with van der Waals surface area (Å²) in [4.78, 5) is 12.8. The van der Waals surface area contributed by atoms with E-state index in [1.807, 2.05) is 32.2 Å². The van der Waals surface area contributed by atoms with Crippen molar-refractivity contribution in [3.8, 4) is 0 Å². The lowest BCUT2D eigenvalue weighted by atomic mass is 10.2. The second-order valence-electron chi connectivity index (χ2n) is 3.68. The number of rotatable bonds is 8. The van der Waals surface area contributed by atoms with E-state index in [-0.39, 0.29) is 12.2 Å². The number of ether oxygens (including phenoxy) is 2. The van der Waals surface area contributed by atoms with E-state index in [0.717, 1.165) is 16.9 Å². The Morgan fingerprint density at radius 2 is 2.00 bits per heavy atom. The van der Waals surface area contributed by atoms with Crippen molar-refractivity contribution in [2.24, 2.45) is 0 Å². The van der Waals surface area contributed by atoms with Gasteiger partial charge < -0.3 is 14.8 Å². The van der Waals surface area contributed by atoms with Crippen LogP contribution < -0.4 is 5.32 Å². The number of hydrogen-bond donors (Lipinski definition) is 1. The highest BCUT2D eigenvalue weighted by Crippen LogP contribution is 2.17. The van der Waals surface area contributed by atoms with Gasteiger partial charge in [-0.05, 0) is 37.3 Å². The Kier molecular flexibility index (Phi) is 6.93. The van der Waals surface area contributed by atoms with E-state index < -0.39 is 0 Å². The van der Waals surface area contributed by atoms with E-state index >= 15 is 0 Å². The SMILES string of the molecule is CCOC(CNC(=O)c1sccc1CC)OCC. The Hall–Kier alpha value is -0.910. The predicted molar refractivity (Wildman–Crippen MR) is 73.1 cm³/mol. The van der Waals surface area contributed by atoms with Crippen LogP contribution in [-0.2, 0) is 15.9 Å². The summed E-state index contributed by atoms with van der Waals surface area (Å²) in [7, 11) is 0. The van der Waals surface area contributed by atoms with Gasteiger partial charge in [0.25, 0.3) is 5.91 Å². The molecule has 1 amide bonds. The molecule has 1 N–H and O–H groups in total. The molecule has 0 saturated heterocycles. The van der Waals surface area contributed by atoms with Crippen LogP contribution in [0.2, 0.25) is 0 Å². The van der Waals surface area contributed by atoms with Crippen LogP contribution >= 0.6 is 11.3 Å². The zero-order chi connectivity index (χ0) is 13.4. The topological polar surface area (TPSA) is 47.6 Å². The molecule has 1 heterocycles. The molecule has 0 aliphatic heterocycles. The van der Waals surface area contributed by atoms with E-state index in [1.165, 1.54) is 11.3 Å². The highest BCUT2D eigenvalue weighted by atomic mass is 32.1. The predicted octanol–water partition coefficient (Wildman–Crippen LogP) is 2.44. The first kappa shape index (κ1) is 15.1. The first-order valence-corrected chi connectivity index (χ1v) is 7.18. The number of amides is 1. The van der Waals surface area contributed by atoms with Gasteiger partial charge in [-0.1, -0.05) is 6.92 Å². The van der Waals surface area contributed by atoms with E-state index in [4.69, 9.17) is 9.47 Å². The lowest BCUT2D eigenvalue weighted by Gasteiger charge is -2.17. The largest absolute Gasteiger partial charge is 0.351 e. The summed E-state index contributed by atoms with van der Waals surface area (Å²) >= 11 is 1.47. The Morgan fingerprint density at radius 3 is 2.56 bits per heavy atom. The lowest BCUT2D eigenvalue weighted by molar-refractivity contribution is -0.131. The van der Waals surface area contributed by atoms with E-state index in [0.29, 0.717) is 19.8 Å². The normalized spacial score (nSPS) is 10.9. The van der Waals surface area contributed by atoms with Gasteiger partial charge in [0.15, 0.2) is 6.29 Å². The molecule has 102 valence electrons. The first-order chi connectivity index (χ1) is 8.72. The molecule has 0 atom stereocenters. The van der Waals surface area contributed by atoms with E-state index in [2.05, 4.69) is 5.32 Å². The van der Waals surface area contributed by atoms with Gasteiger partial charge in [-0.2, -0.15) is 0 Å². The quantitative estimate of drug-likeness (QED) is 0.739. The average molecular weight is 271 g/mol. The van der Waals surface area contributed by atoms with Crippen molar-refractivity contribution in [1.82, 2.24) is 5.32 Å². The van der Waals surface area contributed by atoms with Gasteiger partial charge in [0.05, 0.1) is 11.4 Å². The van der Waals surface area contributed by atoms with Crippen molar-refractivity contribution in [2.75, 3.05) is 19.8 Å². The molecule has 0 aliphatic rings. The smallest absolute Gasteiger partial charge is 0.261 e. The van der Waals surface area contributed by atoms with Gasteiger partial charge in [-0.3, -0.25) is 4.79 Å². The molecule has 1 aromatic heterocycles. The van der Waals surface area contributed by atoms with Crippen molar-refractivity contribution in [1.29, 1.82) is 0 Å². The van der Waals surface area contributed by atoms with Crippen molar-refractivity contribution < 1.29 is 14.3 Å². The van der Waals surface area contributed by atoms with Crippen LogP contribution in [0.1, 0.15) is 36.0 Å². The maximum absolute atomic E-state index is 12.0. The third-order valence-corrected chi connectivity index (χ3v) is 3.42. The number of hydrogen-bond acceptors (Lipinski definition) is 4. The maximum atomic E-state index is 12.0. The van der Waals surface area contributed by atoms with Gasteiger partial charge in [-0.25, -0.2) is 0 Å². The zero-order valence-corrected chi connectivity index (χ0v) is 12.0. The molecule has 0 radical (unpaired) electrons. The molecule has 0 saturated carbocycles. The zero-order valence-electron chi connectivity index (χ0n) is 11.2. The molecular weight excluding hydrogens is 250 g/mol. The number of aryl methyl sites for hydroxylation is 1. The third kappa shape index (κ3) is 4.40. The second-order valence-corrected chi connectivity index (χ2v) is 4.59. The molecule has 0 fully saturated rings. The Morgan fingerprint density at radius 1 is 1.33 bits per heavy atom. The summed E-state index contributed by atoms with van der Waals surface area (Å²) in [5.74, 6) is -0.0498. The summed E-state index contributed by atoms with van der Waals surface area (Å²) in [6, 6.07) is 1.99. The minimum Gasteiger partial charge on any atom is -0.351 e.